The van der Waals surface area contributed by atoms with Crippen molar-refractivity contribution in [3.8, 4) is 0 Å². The number of carbonyl (C=O) groups is 1. The van der Waals surface area contributed by atoms with Crippen LogP contribution in [0.15, 0.2) is 0 Å². The number of nitrogens with zero attached hydrogens (tertiary/aromatic N) is 1. The zero-order chi connectivity index (χ0) is 8.81. The van der Waals surface area contributed by atoms with Crippen LogP contribution in [0.3, 0.4) is 0 Å². The zero-order valence-corrected chi connectivity index (χ0v) is 8.94. The summed E-state index contributed by atoms with van der Waals surface area (Å²) in [6.07, 6.45) is 3.93. The molecule has 0 spiro atoms. The lowest BCUT2D eigenvalue weighted by Crippen LogP contribution is -2.32. The summed E-state index contributed by atoms with van der Waals surface area (Å²) in [5.74, 6) is -0.174. The van der Waals surface area contributed by atoms with Crippen molar-refractivity contribution in [2.24, 2.45) is 0 Å². The Labute approximate surface area is 85.8 Å². The Hall–Kier alpha value is -0.280. The summed E-state index contributed by atoms with van der Waals surface area (Å²) in [6.45, 7) is 5.24. The van der Waals surface area contributed by atoms with Crippen molar-refractivity contribution in [1.82, 2.24) is 4.90 Å². The molecule has 1 aliphatic rings. The van der Waals surface area contributed by atoms with Crippen LogP contribution in [-0.4, -0.2) is 37.1 Å². The third-order valence-electron chi connectivity index (χ3n) is 2.16. The Morgan fingerprint density at radius 3 is 2.46 bits per heavy atom. The van der Waals surface area contributed by atoms with Gasteiger partial charge in [-0.15, -0.1) is 12.4 Å². The van der Waals surface area contributed by atoms with Crippen LogP contribution in [0.4, 0.5) is 0 Å². The number of likely N-dealkylation sites (tertiary alicyclic amines) is 1. The van der Waals surface area contributed by atoms with Crippen LogP contribution in [0.25, 0.3) is 0 Å². The fourth-order valence-electron chi connectivity index (χ4n) is 1.50. The highest BCUT2D eigenvalue weighted by atomic mass is 35.5. The second-order valence-corrected chi connectivity index (χ2v) is 3.24. The summed E-state index contributed by atoms with van der Waals surface area (Å²) in [7, 11) is 0. The predicted molar refractivity (Wildman–Crippen MR) is 54.2 cm³/mol. The van der Waals surface area contributed by atoms with Crippen molar-refractivity contribution in [2.45, 2.75) is 26.2 Å². The maximum absolute atomic E-state index is 10.4. The number of hydrogen-bond acceptors (Lipinski definition) is 3. The zero-order valence-electron chi connectivity index (χ0n) is 8.12. The fraction of sp³-hybridized carbons (Fsp3) is 0.889. The van der Waals surface area contributed by atoms with Gasteiger partial charge in [-0.1, -0.05) is 6.42 Å². The Kier molecular flexibility index (Phi) is 7.00. The molecule has 1 heterocycles. The molecule has 13 heavy (non-hydrogen) atoms. The van der Waals surface area contributed by atoms with E-state index in [-0.39, 0.29) is 18.4 Å². The van der Waals surface area contributed by atoms with Gasteiger partial charge in [-0.05, 0) is 25.9 Å². The molecule has 0 saturated carbocycles. The monoisotopic (exact) mass is 207 g/mol. The fourth-order valence-corrected chi connectivity index (χ4v) is 1.50. The molecule has 3 nitrogen and oxygen atoms in total. The second-order valence-electron chi connectivity index (χ2n) is 3.24. The molecule has 78 valence electrons. The topological polar surface area (TPSA) is 29.5 Å². The van der Waals surface area contributed by atoms with E-state index in [1.54, 1.807) is 0 Å². The Morgan fingerprint density at radius 1 is 1.31 bits per heavy atom. The van der Waals surface area contributed by atoms with Crippen LogP contribution >= 0.6 is 12.4 Å². The lowest BCUT2D eigenvalue weighted by atomic mass is 10.1. The van der Waals surface area contributed by atoms with E-state index in [4.69, 9.17) is 4.74 Å². The highest BCUT2D eigenvalue weighted by molar-refractivity contribution is 5.85. The van der Waals surface area contributed by atoms with E-state index in [9.17, 15) is 4.79 Å². The van der Waals surface area contributed by atoms with Gasteiger partial charge in [-0.25, -0.2) is 0 Å². The van der Waals surface area contributed by atoms with Gasteiger partial charge in [0.15, 0.2) is 0 Å². The van der Waals surface area contributed by atoms with Gasteiger partial charge in [-0.3, -0.25) is 9.69 Å². The van der Waals surface area contributed by atoms with Gasteiger partial charge in [0.05, 0.1) is 0 Å². The molecule has 0 aromatic rings. The smallest absolute Gasteiger partial charge is 0.302 e. The normalized spacial score (nSPS) is 17.6. The first kappa shape index (κ1) is 12.7. The number of piperidine rings is 1. The number of carbonyl (C=O) groups excluding carboxylic acids is 1. The molecule has 1 saturated heterocycles. The van der Waals surface area contributed by atoms with Gasteiger partial charge in [0.1, 0.15) is 6.61 Å². The molecule has 0 aliphatic carbocycles. The molecule has 4 heteroatoms. The minimum Gasteiger partial charge on any atom is -0.465 e. The molecule has 0 unspecified atom stereocenters. The van der Waals surface area contributed by atoms with E-state index >= 15 is 0 Å². The average Bonchev–Trinajstić information content (AvgIpc) is 2.05. The molecular weight excluding hydrogens is 190 g/mol. The SMILES string of the molecule is CC(=O)OCCN1CCCCC1.Cl. The van der Waals surface area contributed by atoms with Gasteiger partial charge < -0.3 is 4.74 Å². The lowest BCUT2D eigenvalue weighted by Gasteiger charge is -2.25. The molecule has 0 radical (unpaired) electrons. The third kappa shape index (κ3) is 5.88. The summed E-state index contributed by atoms with van der Waals surface area (Å²) in [5.41, 5.74) is 0. The predicted octanol–water partition coefficient (Wildman–Crippen LogP) is 1.46. The van der Waals surface area contributed by atoms with Gasteiger partial charge in [0.25, 0.3) is 0 Å². The summed E-state index contributed by atoms with van der Waals surface area (Å²) in [4.78, 5) is 12.8. The Bertz CT molecular complexity index is 147. The summed E-state index contributed by atoms with van der Waals surface area (Å²) >= 11 is 0. The van der Waals surface area contributed by atoms with Crippen LogP contribution < -0.4 is 0 Å². The number of ether oxygens (including phenoxy) is 1. The molecule has 0 bridgehead atoms. The lowest BCUT2D eigenvalue weighted by molar-refractivity contribution is -0.141. The Morgan fingerprint density at radius 2 is 1.92 bits per heavy atom. The first-order chi connectivity index (χ1) is 5.79. The number of esters is 1. The second kappa shape index (κ2) is 7.15. The molecule has 0 aromatic heterocycles. The summed E-state index contributed by atoms with van der Waals surface area (Å²) in [6, 6.07) is 0. The van der Waals surface area contributed by atoms with E-state index in [1.165, 1.54) is 39.3 Å². The molecule has 1 fully saturated rings. The maximum Gasteiger partial charge on any atom is 0.302 e. The molecule has 0 atom stereocenters. The Balaban J connectivity index is 0.00000144. The first-order valence-corrected chi connectivity index (χ1v) is 4.65. The molecule has 1 aliphatic heterocycles. The molecule has 0 N–H and O–H groups in total. The van der Waals surface area contributed by atoms with Crippen LogP contribution in [0.2, 0.25) is 0 Å². The van der Waals surface area contributed by atoms with E-state index in [2.05, 4.69) is 4.90 Å². The van der Waals surface area contributed by atoms with Gasteiger partial charge in [-0.2, -0.15) is 0 Å². The van der Waals surface area contributed by atoms with Gasteiger partial charge in [0.2, 0.25) is 0 Å². The number of hydrogen-bond donors (Lipinski definition) is 0. The van der Waals surface area contributed by atoms with Crippen LogP contribution in [0.1, 0.15) is 26.2 Å². The molecule has 0 aromatic carbocycles. The van der Waals surface area contributed by atoms with Crippen molar-refractivity contribution in [3.05, 3.63) is 0 Å². The largest absolute Gasteiger partial charge is 0.465 e. The van der Waals surface area contributed by atoms with Crippen LogP contribution in [0.5, 0.6) is 0 Å². The quantitative estimate of drug-likeness (QED) is 0.657. The van der Waals surface area contributed by atoms with E-state index in [0.29, 0.717) is 6.61 Å². The highest BCUT2D eigenvalue weighted by Crippen LogP contribution is 2.07. The third-order valence-corrected chi connectivity index (χ3v) is 2.16. The highest BCUT2D eigenvalue weighted by Gasteiger charge is 2.09. The molecule has 0 amide bonds. The number of halogens is 1. The van der Waals surface area contributed by atoms with Crippen molar-refractivity contribution >= 4 is 18.4 Å². The summed E-state index contributed by atoms with van der Waals surface area (Å²) in [5, 5.41) is 0. The van der Waals surface area contributed by atoms with Crippen molar-refractivity contribution in [2.75, 3.05) is 26.2 Å². The van der Waals surface area contributed by atoms with Crippen molar-refractivity contribution in [1.29, 1.82) is 0 Å². The van der Waals surface area contributed by atoms with Gasteiger partial charge in [0, 0.05) is 13.5 Å². The first-order valence-electron chi connectivity index (χ1n) is 4.65. The minimum atomic E-state index is -0.174. The van der Waals surface area contributed by atoms with Crippen molar-refractivity contribution < 1.29 is 9.53 Å². The maximum atomic E-state index is 10.4. The minimum absolute atomic E-state index is 0. The van der Waals surface area contributed by atoms with E-state index < -0.39 is 0 Å². The van der Waals surface area contributed by atoms with Crippen LogP contribution in [-0.2, 0) is 9.53 Å². The molecular formula is C9H18ClNO2. The average molecular weight is 208 g/mol. The number of rotatable bonds is 3. The van der Waals surface area contributed by atoms with E-state index in [0.717, 1.165) is 6.54 Å². The summed E-state index contributed by atoms with van der Waals surface area (Å²) < 4.78 is 4.86. The van der Waals surface area contributed by atoms with Crippen LogP contribution in [0, 0.1) is 0 Å². The van der Waals surface area contributed by atoms with E-state index in [1.807, 2.05) is 0 Å². The standard InChI is InChI=1S/C9H17NO2.ClH/c1-9(11)12-8-7-10-5-3-2-4-6-10;/h2-8H2,1H3;1H. The van der Waals surface area contributed by atoms with Gasteiger partial charge >= 0.3 is 5.97 Å². The van der Waals surface area contributed by atoms with Crippen molar-refractivity contribution in [3.63, 3.8) is 0 Å². The molecule has 1 rings (SSSR count).